The average molecular weight is 508 g/mol. The van der Waals surface area contributed by atoms with E-state index in [9.17, 15) is 16.8 Å². The fourth-order valence-corrected chi connectivity index (χ4v) is 7.29. The fraction of sp³-hybridized carbons (Fsp3) is 0.500. The standard InChI is InChI=1S/C24H33N3O5S2/c1-32-22-7-5-8-23(18-22)34(30,31)27-16-14-26(15-17-27)21-10-12-25(13-11-21)19-20-6-3-4-9-24(20)33(2,28)29/h3-9,18,21H,10-17,19H2,1-2H3. The van der Waals surface area contributed by atoms with Gasteiger partial charge in [-0.15, -0.1) is 0 Å². The summed E-state index contributed by atoms with van der Waals surface area (Å²) in [5.74, 6) is 0.533. The monoisotopic (exact) mass is 507 g/mol. The largest absolute Gasteiger partial charge is 0.497 e. The molecule has 2 fully saturated rings. The SMILES string of the molecule is COc1cccc(S(=O)(=O)N2CCN(C3CCN(Cc4ccccc4S(C)(=O)=O)CC3)CC2)c1. The topological polar surface area (TPSA) is 87.2 Å². The Morgan fingerprint density at radius 2 is 1.56 bits per heavy atom. The summed E-state index contributed by atoms with van der Waals surface area (Å²) in [6.07, 6.45) is 3.24. The number of sulfone groups is 1. The molecule has 4 rings (SSSR count). The molecule has 2 aliphatic rings. The van der Waals surface area contributed by atoms with Gasteiger partial charge < -0.3 is 4.74 Å². The van der Waals surface area contributed by atoms with Crippen LogP contribution in [0, 0.1) is 0 Å². The van der Waals surface area contributed by atoms with Crippen LogP contribution in [0.3, 0.4) is 0 Å². The first kappa shape index (κ1) is 25.1. The summed E-state index contributed by atoms with van der Waals surface area (Å²) < 4.78 is 57.0. The van der Waals surface area contributed by atoms with Crippen LogP contribution < -0.4 is 4.74 Å². The highest BCUT2D eigenvalue weighted by atomic mass is 32.2. The number of piperazine rings is 1. The minimum Gasteiger partial charge on any atom is -0.497 e. The van der Waals surface area contributed by atoms with Gasteiger partial charge in [0.25, 0.3) is 0 Å². The number of piperidine rings is 1. The third kappa shape index (κ3) is 5.63. The van der Waals surface area contributed by atoms with Crippen LogP contribution in [0.25, 0.3) is 0 Å². The minimum atomic E-state index is -3.54. The molecule has 0 bridgehead atoms. The molecule has 34 heavy (non-hydrogen) atoms. The molecule has 0 aliphatic carbocycles. The number of likely N-dealkylation sites (tertiary alicyclic amines) is 1. The van der Waals surface area contributed by atoms with E-state index in [1.54, 1.807) is 40.7 Å². The number of sulfonamides is 1. The maximum Gasteiger partial charge on any atom is 0.243 e. The van der Waals surface area contributed by atoms with Crippen LogP contribution >= 0.6 is 0 Å². The predicted molar refractivity (Wildman–Crippen MR) is 131 cm³/mol. The van der Waals surface area contributed by atoms with Crippen LogP contribution in [0.4, 0.5) is 0 Å². The number of hydrogen-bond acceptors (Lipinski definition) is 7. The summed E-state index contributed by atoms with van der Waals surface area (Å²) in [4.78, 5) is 5.39. The summed E-state index contributed by atoms with van der Waals surface area (Å²) in [5.41, 5.74) is 0.847. The molecule has 186 valence electrons. The Bertz CT molecular complexity index is 1200. The first-order valence-corrected chi connectivity index (χ1v) is 14.9. The summed E-state index contributed by atoms with van der Waals surface area (Å²) in [7, 11) is -5.26. The molecule has 8 nitrogen and oxygen atoms in total. The van der Waals surface area contributed by atoms with Crippen LogP contribution in [0.2, 0.25) is 0 Å². The number of hydrogen-bond donors (Lipinski definition) is 0. The highest BCUT2D eigenvalue weighted by molar-refractivity contribution is 7.90. The van der Waals surface area contributed by atoms with Crippen molar-refractivity contribution in [2.45, 2.75) is 35.2 Å². The van der Waals surface area contributed by atoms with E-state index in [0.717, 1.165) is 31.5 Å². The van der Waals surface area contributed by atoms with Gasteiger partial charge in [0.15, 0.2) is 9.84 Å². The van der Waals surface area contributed by atoms with Crippen molar-refractivity contribution in [3.05, 3.63) is 54.1 Å². The summed E-state index contributed by atoms with van der Waals surface area (Å²) >= 11 is 0. The molecule has 0 unspecified atom stereocenters. The van der Waals surface area contributed by atoms with E-state index in [4.69, 9.17) is 4.74 Å². The van der Waals surface area contributed by atoms with Crippen molar-refractivity contribution in [3.8, 4) is 5.75 Å². The lowest BCUT2D eigenvalue weighted by atomic mass is 10.0. The van der Waals surface area contributed by atoms with Crippen LogP contribution in [-0.4, -0.2) is 89.6 Å². The van der Waals surface area contributed by atoms with Crippen molar-refractivity contribution in [1.82, 2.24) is 14.1 Å². The fourth-order valence-electron chi connectivity index (χ4n) is 4.90. The van der Waals surface area contributed by atoms with E-state index >= 15 is 0 Å². The molecular weight excluding hydrogens is 474 g/mol. The lowest BCUT2D eigenvalue weighted by Gasteiger charge is -2.42. The van der Waals surface area contributed by atoms with E-state index in [0.29, 0.717) is 49.4 Å². The molecule has 0 spiro atoms. The Labute approximate surface area is 203 Å². The minimum absolute atomic E-state index is 0.267. The van der Waals surface area contributed by atoms with Crippen LogP contribution in [0.1, 0.15) is 18.4 Å². The molecule has 2 heterocycles. The number of rotatable bonds is 7. The van der Waals surface area contributed by atoms with Gasteiger partial charge >= 0.3 is 0 Å². The molecule has 0 N–H and O–H groups in total. The lowest BCUT2D eigenvalue weighted by molar-refractivity contribution is 0.0783. The first-order chi connectivity index (χ1) is 16.2. The molecule has 2 aromatic rings. The van der Waals surface area contributed by atoms with Crippen LogP contribution in [-0.2, 0) is 26.4 Å². The van der Waals surface area contributed by atoms with Gasteiger partial charge in [0, 0.05) is 51.1 Å². The molecule has 10 heteroatoms. The average Bonchev–Trinajstić information content (AvgIpc) is 2.84. The second kappa shape index (κ2) is 10.3. The predicted octanol–water partition coefficient (Wildman–Crippen LogP) is 2.07. The Hall–Kier alpha value is -1.98. The number of ether oxygens (including phenoxy) is 1. The third-order valence-corrected chi connectivity index (χ3v) is 9.88. The van der Waals surface area contributed by atoms with Gasteiger partial charge in [-0.05, 0) is 49.7 Å². The van der Waals surface area contributed by atoms with Gasteiger partial charge in [-0.1, -0.05) is 24.3 Å². The summed E-state index contributed by atoms with van der Waals surface area (Å²) in [6, 6.07) is 14.3. The molecule has 0 radical (unpaired) electrons. The van der Waals surface area contributed by atoms with Crippen molar-refractivity contribution in [2.24, 2.45) is 0 Å². The zero-order chi connectivity index (χ0) is 24.3. The Kier molecular flexibility index (Phi) is 7.63. The molecule has 2 saturated heterocycles. The Morgan fingerprint density at radius 3 is 2.21 bits per heavy atom. The zero-order valence-corrected chi connectivity index (χ0v) is 21.4. The molecule has 2 aromatic carbocycles. The second-order valence-electron chi connectivity index (χ2n) is 9.01. The van der Waals surface area contributed by atoms with Crippen molar-refractivity contribution < 1.29 is 21.6 Å². The Balaban J connectivity index is 1.31. The number of benzene rings is 2. The van der Waals surface area contributed by atoms with Crippen molar-refractivity contribution in [3.63, 3.8) is 0 Å². The van der Waals surface area contributed by atoms with E-state index in [1.807, 2.05) is 12.1 Å². The second-order valence-corrected chi connectivity index (χ2v) is 12.9. The van der Waals surface area contributed by atoms with Gasteiger partial charge in [-0.2, -0.15) is 4.31 Å². The number of nitrogens with zero attached hydrogens (tertiary/aromatic N) is 3. The summed E-state index contributed by atoms with van der Waals surface area (Å²) in [5, 5.41) is 0. The lowest BCUT2D eigenvalue weighted by Crippen LogP contribution is -2.54. The molecule has 0 aromatic heterocycles. The highest BCUT2D eigenvalue weighted by Gasteiger charge is 2.32. The van der Waals surface area contributed by atoms with Crippen LogP contribution in [0.5, 0.6) is 5.75 Å². The Morgan fingerprint density at radius 1 is 0.882 bits per heavy atom. The molecule has 2 aliphatic heterocycles. The molecule has 0 amide bonds. The maximum absolute atomic E-state index is 13.1. The van der Waals surface area contributed by atoms with E-state index in [-0.39, 0.29) is 4.90 Å². The smallest absolute Gasteiger partial charge is 0.243 e. The van der Waals surface area contributed by atoms with Gasteiger partial charge in [-0.3, -0.25) is 9.80 Å². The van der Waals surface area contributed by atoms with Gasteiger partial charge in [-0.25, -0.2) is 16.8 Å². The normalized spacial score (nSPS) is 19.8. The zero-order valence-electron chi connectivity index (χ0n) is 19.8. The third-order valence-electron chi connectivity index (χ3n) is 6.79. The van der Waals surface area contributed by atoms with E-state index in [1.165, 1.54) is 13.4 Å². The molecule has 0 atom stereocenters. The molecule has 0 saturated carbocycles. The summed E-state index contributed by atoms with van der Waals surface area (Å²) in [6.45, 7) is 4.79. The number of methoxy groups -OCH3 is 1. The molecular formula is C24H33N3O5S2. The van der Waals surface area contributed by atoms with Gasteiger partial charge in [0.2, 0.25) is 10.0 Å². The van der Waals surface area contributed by atoms with Crippen molar-refractivity contribution in [1.29, 1.82) is 0 Å². The highest BCUT2D eigenvalue weighted by Crippen LogP contribution is 2.25. The van der Waals surface area contributed by atoms with E-state index in [2.05, 4.69) is 9.80 Å². The van der Waals surface area contributed by atoms with Crippen molar-refractivity contribution in [2.75, 3.05) is 52.6 Å². The maximum atomic E-state index is 13.1. The van der Waals surface area contributed by atoms with E-state index < -0.39 is 19.9 Å². The van der Waals surface area contributed by atoms with Gasteiger partial charge in [0.05, 0.1) is 16.9 Å². The quantitative estimate of drug-likeness (QED) is 0.567. The van der Waals surface area contributed by atoms with Crippen molar-refractivity contribution >= 4 is 19.9 Å². The first-order valence-electron chi connectivity index (χ1n) is 11.6. The van der Waals surface area contributed by atoms with Gasteiger partial charge in [0.1, 0.15) is 5.75 Å². The van der Waals surface area contributed by atoms with Crippen LogP contribution in [0.15, 0.2) is 58.3 Å².